The van der Waals surface area contributed by atoms with Crippen LogP contribution in [0.1, 0.15) is 0 Å². The molecule has 0 aromatic heterocycles. The molecule has 0 heterocycles. The van der Waals surface area contributed by atoms with Crippen LogP contribution < -0.4 is 0 Å². The first kappa shape index (κ1) is 25.4. The molecule has 0 aliphatic rings. The van der Waals surface area contributed by atoms with Gasteiger partial charge in [0.1, 0.15) is 0 Å². The van der Waals surface area contributed by atoms with Gasteiger partial charge in [-0.3, -0.25) is 9.59 Å². The summed E-state index contributed by atoms with van der Waals surface area (Å²) >= 11 is 0. The molecule has 10 heteroatoms. The van der Waals surface area contributed by atoms with Gasteiger partial charge in [-0.1, -0.05) is 25.7 Å². The monoisotopic (exact) mass is 385 g/mol. The van der Waals surface area contributed by atoms with Crippen LogP contribution in [0, 0.1) is 0 Å². The van der Waals surface area contributed by atoms with Crippen molar-refractivity contribution in [3.8, 4) is 0 Å². The Labute approximate surface area is 130 Å². The summed E-state index contributed by atoms with van der Waals surface area (Å²) in [4.78, 5) is 19.7. The van der Waals surface area contributed by atoms with Gasteiger partial charge in [0, 0.05) is 25.1 Å². The van der Waals surface area contributed by atoms with E-state index in [0.717, 1.165) is 0 Å². The summed E-state index contributed by atoms with van der Waals surface area (Å²) in [5.74, 6) is -11.6. The molecule has 2 nitrogen and oxygen atoms in total. The van der Waals surface area contributed by atoms with E-state index >= 15 is 0 Å². The molecule has 0 atom stereocenters. The molecule has 21 heavy (non-hydrogen) atoms. The molecule has 0 rings (SSSR count). The van der Waals surface area contributed by atoms with E-state index in [1.54, 1.807) is 0 Å². The molecule has 0 N–H and O–H groups in total. The Balaban J connectivity index is -0.000000347. The molecule has 1 radical (unpaired) electrons. The molecule has 0 saturated heterocycles. The number of alkyl halides is 6. The molecule has 0 saturated carbocycles. The fourth-order valence-corrected chi connectivity index (χ4v) is 1.69. The smallest absolute Gasteiger partial charge is 0.289 e. The predicted molar refractivity (Wildman–Crippen MR) is 65.3 cm³/mol. The van der Waals surface area contributed by atoms with E-state index in [1.807, 2.05) is 6.08 Å². The van der Waals surface area contributed by atoms with Crippen LogP contribution in [0.25, 0.3) is 0 Å². The molecule has 0 aromatic carbocycles. The number of hydrogen-bond acceptors (Lipinski definition) is 2. The molecule has 0 spiro atoms. The zero-order valence-electron chi connectivity index (χ0n) is 11.6. The van der Waals surface area contributed by atoms with Gasteiger partial charge >= 0.3 is 17.9 Å². The van der Waals surface area contributed by atoms with E-state index in [0.29, 0.717) is 0 Å². The molecule has 0 bridgehead atoms. The number of rotatable bonds is 5. The first-order valence-electron chi connectivity index (χ1n) is 5.39. The van der Waals surface area contributed by atoms with Gasteiger partial charge < -0.3 is 0 Å². The normalized spacial score (nSPS) is 11.7. The molecule has 0 amide bonds. The zero-order valence-corrected chi connectivity index (χ0v) is 13.5. The molecule has 0 aliphatic heterocycles. The third kappa shape index (κ3) is 10.7. The van der Waals surface area contributed by atoms with Crippen LogP contribution in [-0.4, -0.2) is 38.4 Å². The van der Waals surface area contributed by atoms with E-state index in [2.05, 4.69) is 26.2 Å². The molecular weight excluding hydrogens is 370 g/mol. The third-order valence-corrected chi connectivity index (χ3v) is 3.28. The summed E-state index contributed by atoms with van der Waals surface area (Å²) in [6.07, 6.45) is -3.83. The Kier molecular flexibility index (Phi) is 11.4. The van der Waals surface area contributed by atoms with Crippen molar-refractivity contribution in [2.45, 2.75) is 37.8 Å². The molecular formula is C11H16CuF6O2Si. The molecule has 0 unspecified atom stereocenters. The fraction of sp³-hybridized carbons (Fsp3) is 0.636. The van der Waals surface area contributed by atoms with Crippen molar-refractivity contribution in [1.29, 1.82) is 0 Å². The third-order valence-electron chi connectivity index (χ3n) is 1.77. The Morgan fingerprint density at radius 3 is 1.62 bits per heavy atom. The second kappa shape index (κ2) is 9.42. The van der Waals surface area contributed by atoms with Crippen molar-refractivity contribution >= 4 is 19.6 Å². The van der Waals surface area contributed by atoms with Gasteiger partial charge in [0.2, 0.25) is 5.78 Å². The van der Waals surface area contributed by atoms with Gasteiger partial charge in [0.15, 0.2) is 6.67 Å². The Bertz CT molecular complexity index is 363. The second-order valence-corrected chi connectivity index (χ2v) is 10.5. The number of hydrogen-bond donors (Lipinski definition) is 0. The number of carbonyl (C=O) groups excluding carboxylic acids is 2. The average molecular weight is 386 g/mol. The quantitative estimate of drug-likeness (QED) is 0.312. The molecule has 0 aliphatic carbocycles. The van der Waals surface area contributed by atoms with Crippen LogP contribution in [0.4, 0.5) is 26.3 Å². The van der Waals surface area contributed by atoms with E-state index < -0.39 is 38.4 Å². The summed E-state index contributed by atoms with van der Waals surface area (Å²) in [6.45, 7) is 8.38. The minimum absolute atomic E-state index is 0. The van der Waals surface area contributed by atoms with Gasteiger partial charge in [-0.25, -0.2) is 4.39 Å². The van der Waals surface area contributed by atoms with Gasteiger partial charge in [-0.2, -0.15) is 22.0 Å². The average Bonchev–Trinajstić information content (AvgIpc) is 2.24. The van der Waals surface area contributed by atoms with E-state index in [1.165, 1.54) is 6.04 Å². The van der Waals surface area contributed by atoms with Crippen LogP contribution in [0.15, 0.2) is 12.7 Å². The SMILES string of the molecule is C=CC[Si](C)(C)C.O=C(CF)C(F)(F)C(=O)C(F)(F)F.[Cu]. The van der Waals surface area contributed by atoms with Crippen LogP contribution in [-0.2, 0) is 26.7 Å². The number of allylic oxidation sites excluding steroid dienone is 1. The first-order chi connectivity index (χ1) is 8.70. The summed E-state index contributed by atoms with van der Waals surface area (Å²) < 4.78 is 69.4. The van der Waals surface area contributed by atoms with E-state index in [-0.39, 0.29) is 17.1 Å². The second-order valence-electron chi connectivity index (χ2n) is 5.01. The Morgan fingerprint density at radius 2 is 1.48 bits per heavy atom. The minimum atomic E-state index is -5.85. The van der Waals surface area contributed by atoms with Gasteiger partial charge in [-0.15, -0.1) is 6.58 Å². The number of ketones is 2. The van der Waals surface area contributed by atoms with Crippen molar-refractivity contribution in [2.75, 3.05) is 6.67 Å². The zero-order chi connectivity index (χ0) is 16.8. The molecule has 0 aromatic rings. The van der Waals surface area contributed by atoms with Crippen LogP contribution >= 0.6 is 0 Å². The number of Topliss-reactive ketones (excluding diaryl/α,β-unsaturated/α-hetero) is 2. The van der Waals surface area contributed by atoms with E-state index in [9.17, 15) is 35.9 Å². The van der Waals surface area contributed by atoms with Crippen molar-refractivity contribution in [3.05, 3.63) is 12.7 Å². The minimum Gasteiger partial charge on any atom is -0.289 e. The van der Waals surface area contributed by atoms with Crippen molar-refractivity contribution in [1.82, 2.24) is 0 Å². The largest absolute Gasteiger partial charge is 0.456 e. The van der Waals surface area contributed by atoms with Crippen molar-refractivity contribution < 1.29 is 53.0 Å². The summed E-state index contributed by atoms with van der Waals surface area (Å²) in [6, 6.07) is 1.24. The van der Waals surface area contributed by atoms with Crippen LogP contribution in [0.3, 0.4) is 0 Å². The topological polar surface area (TPSA) is 34.1 Å². The maximum atomic E-state index is 12.0. The Morgan fingerprint density at radius 1 is 1.10 bits per heavy atom. The van der Waals surface area contributed by atoms with Gasteiger partial charge in [-0.05, 0) is 6.04 Å². The number of carbonyl (C=O) groups is 2. The summed E-state index contributed by atoms with van der Waals surface area (Å²) in [5.41, 5.74) is 0. The van der Waals surface area contributed by atoms with Crippen LogP contribution in [0.2, 0.25) is 25.7 Å². The molecule has 0 fully saturated rings. The maximum Gasteiger partial charge on any atom is 0.456 e. The fourth-order valence-electron chi connectivity index (χ4n) is 0.822. The predicted octanol–water partition coefficient (Wildman–Crippen LogP) is 3.80. The maximum absolute atomic E-state index is 12.0. The van der Waals surface area contributed by atoms with Gasteiger partial charge in [0.05, 0.1) is 0 Å². The number of halogens is 6. The van der Waals surface area contributed by atoms with Crippen molar-refractivity contribution in [2.24, 2.45) is 0 Å². The molecule has 129 valence electrons. The van der Waals surface area contributed by atoms with Gasteiger partial charge in [0.25, 0.3) is 0 Å². The standard InChI is InChI=1S/C6H14Si.C5H2F6O2.Cu/c1-5-6-7(2,3)4;6-1-2(12)4(7,8)3(13)5(9,10)11;/h5H,1,6H2,2-4H3;1H2;. The Hall–Kier alpha value is -0.604. The van der Waals surface area contributed by atoms with Crippen molar-refractivity contribution in [3.63, 3.8) is 0 Å². The van der Waals surface area contributed by atoms with Crippen LogP contribution in [0.5, 0.6) is 0 Å². The first-order valence-corrected chi connectivity index (χ1v) is 9.10. The summed E-state index contributed by atoms with van der Waals surface area (Å²) in [7, 11) is -0.775. The summed E-state index contributed by atoms with van der Waals surface area (Å²) in [5, 5.41) is 0. The van der Waals surface area contributed by atoms with E-state index in [4.69, 9.17) is 0 Å².